The van der Waals surface area contributed by atoms with Gasteiger partial charge in [-0.2, -0.15) is 13.2 Å². The van der Waals surface area contributed by atoms with Crippen LogP contribution in [0, 0.1) is 0 Å². The van der Waals surface area contributed by atoms with Crippen molar-refractivity contribution in [3.8, 4) is 5.88 Å². The third-order valence-electron chi connectivity index (χ3n) is 3.78. The number of anilines is 3. The van der Waals surface area contributed by atoms with E-state index in [9.17, 15) is 18.0 Å². The van der Waals surface area contributed by atoms with Crippen molar-refractivity contribution in [3.63, 3.8) is 0 Å². The molecule has 7 nitrogen and oxygen atoms in total. The number of carbonyl (C=O) groups is 1. The standard InChI is InChI=1S/C18H15ClF3N5O2/c1-29-16-7-3-11(9-23-16)24-12-4-2-10(18(20,21)22)8-14(12)25-17(28)13-5-6-15(19)27-26-13/h2-9,24,26-27H,1H3,(H,25,28). The van der Waals surface area contributed by atoms with Gasteiger partial charge in [0.05, 0.1) is 35.9 Å². The Morgan fingerprint density at radius 1 is 1.14 bits per heavy atom. The molecule has 1 aliphatic heterocycles. The Kier molecular flexibility index (Phi) is 5.83. The topological polar surface area (TPSA) is 87.3 Å². The number of amides is 1. The number of methoxy groups -OCH3 is 1. The summed E-state index contributed by atoms with van der Waals surface area (Å²) in [7, 11) is 1.46. The van der Waals surface area contributed by atoms with E-state index in [0.717, 1.165) is 12.1 Å². The van der Waals surface area contributed by atoms with E-state index in [1.165, 1.54) is 31.5 Å². The molecule has 1 aromatic heterocycles. The van der Waals surface area contributed by atoms with Crippen molar-refractivity contribution in [2.75, 3.05) is 17.7 Å². The molecule has 4 N–H and O–H groups in total. The molecule has 0 atom stereocenters. The van der Waals surface area contributed by atoms with Crippen LogP contribution in [0.25, 0.3) is 0 Å². The zero-order valence-electron chi connectivity index (χ0n) is 14.9. The number of aromatic nitrogens is 1. The number of halogens is 4. The lowest BCUT2D eigenvalue weighted by molar-refractivity contribution is -0.137. The summed E-state index contributed by atoms with van der Waals surface area (Å²) in [5, 5.41) is 5.65. The molecule has 0 saturated carbocycles. The maximum absolute atomic E-state index is 13.1. The van der Waals surface area contributed by atoms with Gasteiger partial charge in [-0.25, -0.2) is 4.98 Å². The molecule has 152 valence electrons. The molecule has 2 heterocycles. The summed E-state index contributed by atoms with van der Waals surface area (Å²) in [6.45, 7) is 0. The number of nitrogens with one attached hydrogen (secondary N) is 4. The summed E-state index contributed by atoms with van der Waals surface area (Å²) < 4.78 is 44.4. The largest absolute Gasteiger partial charge is 0.481 e. The van der Waals surface area contributed by atoms with Gasteiger partial charge in [0.25, 0.3) is 5.91 Å². The van der Waals surface area contributed by atoms with Crippen molar-refractivity contribution < 1.29 is 22.7 Å². The van der Waals surface area contributed by atoms with Crippen LogP contribution in [-0.2, 0) is 11.0 Å². The van der Waals surface area contributed by atoms with E-state index in [1.807, 2.05) is 0 Å². The van der Waals surface area contributed by atoms with Gasteiger partial charge in [0.2, 0.25) is 5.88 Å². The molecular formula is C18H15ClF3N5O2. The van der Waals surface area contributed by atoms with Crippen LogP contribution in [0.3, 0.4) is 0 Å². The van der Waals surface area contributed by atoms with Crippen molar-refractivity contribution >= 4 is 34.6 Å². The van der Waals surface area contributed by atoms with Gasteiger partial charge < -0.3 is 15.4 Å². The van der Waals surface area contributed by atoms with E-state index in [1.54, 1.807) is 12.1 Å². The summed E-state index contributed by atoms with van der Waals surface area (Å²) in [4.78, 5) is 16.5. The molecule has 3 rings (SSSR count). The number of hydrogen-bond donors (Lipinski definition) is 4. The number of carbonyl (C=O) groups excluding carboxylic acids is 1. The number of benzene rings is 1. The average Bonchev–Trinajstić information content (AvgIpc) is 2.69. The highest BCUT2D eigenvalue weighted by Crippen LogP contribution is 2.35. The van der Waals surface area contributed by atoms with E-state index in [-0.39, 0.29) is 22.2 Å². The SMILES string of the molecule is COc1ccc(Nc2ccc(C(F)(F)F)cc2NC(=O)C2=CC=C(Cl)NN2)cn1. The first-order valence-electron chi connectivity index (χ1n) is 8.15. The van der Waals surface area contributed by atoms with Gasteiger partial charge in [-0.05, 0) is 36.4 Å². The molecule has 0 unspecified atom stereocenters. The van der Waals surface area contributed by atoms with Crippen molar-refractivity contribution in [1.29, 1.82) is 0 Å². The van der Waals surface area contributed by atoms with Crippen LogP contribution in [-0.4, -0.2) is 18.0 Å². The molecule has 0 saturated heterocycles. The molecule has 0 radical (unpaired) electrons. The molecule has 1 aromatic carbocycles. The summed E-state index contributed by atoms with van der Waals surface area (Å²) in [6.07, 6.45) is -0.298. The quantitative estimate of drug-likeness (QED) is 0.544. The highest BCUT2D eigenvalue weighted by atomic mass is 35.5. The number of pyridine rings is 1. The monoisotopic (exact) mass is 425 g/mol. The van der Waals surface area contributed by atoms with E-state index in [2.05, 4.69) is 26.5 Å². The highest BCUT2D eigenvalue weighted by molar-refractivity contribution is 6.29. The number of rotatable bonds is 5. The Morgan fingerprint density at radius 2 is 1.93 bits per heavy atom. The first-order chi connectivity index (χ1) is 13.8. The first kappa shape index (κ1) is 20.3. The molecular weight excluding hydrogens is 411 g/mol. The van der Waals surface area contributed by atoms with Crippen molar-refractivity contribution in [2.24, 2.45) is 0 Å². The minimum Gasteiger partial charge on any atom is -0.481 e. The van der Waals surface area contributed by atoms with Crippen LogP contribution in [0.1, 0.15) is 5.56 Å². The number of hydrazine groups is 1. The molecule has 11 heteroatoms. The van der Waals surface area contributed by atoms with Crippen LogP contribution in [0.4, 0.5) is 30.2 Å². The average molecular weight is 426 g/mol. The second-order valence-corrected chi connectivity index (χ2v) is 6.18. The van der Waals surface area contributed by atoms with E-state index >= 15 is 0 Å². The molecule has 0 bridgehead atoms. The van der Waals surface area contributed by atoms with Crippen LogP contribution in [0.15, 0.2) is 59.5 Å². The summed E-state index contributed by atoms with van der Waals surface area (Å²) >= 11 is 5.72. The zero-order valence-corrected chi connectivity index (χ0v) is 15.7. The van der Waals surface area contributed by atoms with Gasteiger partial charge in [0.1, 0.15) is 10.9 Å². The van der Waals surface area contributed by atoms with E-state index in [4.69, 9.17) is 16.3 Å². The third-order valence-corrected chi connectivity index (χ3v) is 4.00. The maximum Gasteiger partial charge on any atom is 0.416 e. The number of allylic oxidation sites excluding steroid dienone is 2. The Balaban J connectivity index is 1.90. The Hall–Kier alpha value is -3.40. The van der Waals surface area contributed by atoms with Crippen LogP contribution >= 0.6 is 11.6 Å². The molecule has 0 aliphatic carbocycles. The predicted octanol–water partition coefficient (Wildman–Crippen LogP) is 3.86. The Bertz CT molecular complexity index is 974. The minimum absolute atomic E-state index is 0.0657. The summed E-state index contributed by atoms with van der Waals surface area (Å²) in [5.74, 6) is -0.279. The smallest absolute Gasteiger partial charge is 0.416 e. The van der Waals surface area contributed by atoms with Gasteiger partial charge >= 0.3 is 6.18 Å². The fourth-order valence-electron chi connectivity index (χ4n) is 2.35. The minimum atomic E-state index is -4.57. The van der Waals surface area contributed by atoms with Crippen molar-refractivity contribution in [1.82, 2.24) is 15.8 Å². The Morgan fingerprint density at radius 3 is 2.52 bits per heavy atom. The van der Waals surface area contributed by atoms with E-state index < -0.39 is 17.6 Å². The highest BCUT2D eigenvalue weighted by Gasteiger charge is 2.31. The van der Waals surface area contributed by atoms with Crippen molar-refractivity contribution in [2.45, 2.75) is 6.18 Å². The fraction of sp³-hybridized carbons (Fsp3) is 0.111. The van der Waals surface area contributed by atoms with Gasteiger partial charge in [0, 0.05) is 6.07 Å². The van der Waals surface area contributed by atoms with Gasteiger partial charge in [-0.3, -0.25) is 15.6 Å². The van der Waals surface area contributed by atoms with Crippen molar-refractivity contribution in [3.05, 3.63) is 65.1 Å². The molecule has 2 aromatic rings. The zero-order chi connectivity index (χ0) is 21.0. The summed E-state index contributed by atoms with van der Waals surface area (Å²) in [5.41, 5.74) is 4.92. The number of hydrogen-bond acceptors (Lipinski definition) is 6. The predicted molar refractivity (Wildman–Crippen MR) is 102 cm³/mol. The fourth-order valence-corrected chi connectivity index (χ4v) is 2.46. The normalized spacial score (nSPS) is 13.4. The van der Waals surface area contributed by atoms with Crippen LogP contribution in [0.5, 0.6) is 5.88 Å². The molecule has 0 spiro atoms. The molecule has 1 amide bonds. The molecule has 1 aliphatic rings. The number of alkyl halides is 3. The number of ether oxygens (including phenoxy) is 1. The molecule has 0 fully saturated rings. The lowest BCUT2D eigenvalue weighted by Crippen LogP contribution is -2.36. The lowest BCUT2D eigenvalue weighted by atomic mass is 10.1. The maximum atomic E-state index is 13.1. The first-order valence-corrected chi connectivity index (χ1v) is 8.53. The second kappa shape index (κ2) is 8.31. The second-order valence-electron chi connectivity index (χ2n) is 5.77. The van der Waals surface area contributed by atoms with Crippen LogP contribution < -0.4 is 26.2 Å². The van der Waals surface area contributed by atoms with Gasteiger partial charge in [-0.1, -0.05) is 11.6 Å². The number of nitrogens with zero attached hydrogens (tertiary/aromatic N) is 1. The third kappa shape index (κ3) is 5.11. The van der Waals surface area contributed by atoms with E-state index in [0.29, 0.717) is 11.6 Å². The van der Waals surface area contributed by atoms with Gasteiger partial charge in [-0.15, -0.1) is 0 Å². The lowest BCUT2D eigenvalue weighted by Gasteiger charge is -2.18. The van der Waals surface area contributed by atoms with Crippen LogP contribution in [0.2, 0.25) is 0 Å². The van der Waals surface area contributed by atoms with Gasteiger partial charge in [0.15, 0.2) is 0 Å². The Labute approximate surface area is 168 Å². The summed E-state index contributed by atoms with van der Waals surface area (Å²) in [6, 6.07) is 6.20. The molecule has 29 heavy (non-hydrogen) atoms.